The fraction of sp³-hybridized carbons (Fsp3) is 0.462. The Hall–Kier alpha value is -1.46. The van der Waals surface area contributed by atoms with E-state index in [0.717, 1.165) is 5.56 Å². The number of benzene rings is 1. The summed E-state index contributed by atoms with van der Waals surface area (Å²) < 4.78 is 10.8. The second kappa shape index (κ2) is 7.86. The predicted molar refractivity (Wildman–Crippen MR) is 74.7 cm³/mol. The van der Waals surface area contributed by atoms with Crippen LogP contribution in [0.3, 0.4) is 0 Å². The van der Waals surface area contributed by atoms with Crippen molar-refractivity contribution in [3.63, 3.8) is 0 Å². The van der Waals surface area contributed by atoms with Crippen molar-refractivity contribution in [2.24, 2.45) is 5.73 Å². The van der Waals surface area contributed by atoms with Gasteiger partial charge in [0.15, 0.2) is 11.5 Å². The maximum absolute atomic E-state index is 11.1. The Morgan fingerprint density at radius 1 is 1.47 bits per heavy atom. The topological polar surface area (TPSA) is 73.6 Å². The molecule has 6 heteroatoms. The average molecular weight is 287 g/mol. The maximum atomic E-state index is 11.1. The summed E-state index contributed by atoms with van der Waals surface area (Å²) in [6.45, 7) is 0.776. The zero-order chi connectivity index (χ0) is 14.3. The zero-order valence-corrected chi connectivity index (χ0v) is 11.9. The molecule has 5 nitrogen and oxygen atoms in total. The van der Waals surface area contributed by atoms with Crippen LogP contribution in [0, 0.1) is 0 Å². The lowest BCUT2D eigenvalue weighted by Crippen LogP contribution is -2.18. The maximum Gasteiger partial charge on any atom is 0.219 e. The van der Waals surface area contributed by atoms with Crippen LogP contribution in [0.4, 0.5) is 0 Å². The van der Waals surface area contributed by atoms with E-state index in [2.05, 4.69) is 5.32 Å². The van der Waals surface area contributed by atoms with Crippen molar-refractivity contribution >= 4 is 17.5 Å². The molecule has 0 saturated heterocycles. The van der Waals surface area contributed by atoms with E-state index in [1.165, 1.54) is 0 Å². The molecule has 0 aliphatic rings. The Morgan fingerprint density at radius 3 is 2.79 bits per heavy atom. The molecule has 0 heterocycles. The number of halogens is 1. The Morgan fingerprint density at radius 2 is 2.21 bits per heavy atom. The van der Waals surface area contributed by atoms with Crippen LogP contribution in [0.2, 0.25) is 5.02 Å². The third-order valence-electron chi connectivity index (χ3n) is 2.60. The fourth-order valence-corrected chi connectivity index (χ4v) is 1.85. The summed E-state index contributed by atoms with van der Waals surface area (Å²) in [6, 6.07) is 3.54. The molecule has 0 aromatic heterocycles. The van der Waals surface area contributed by atoms with E-state index in [4.69, 9.17) is 26.8 Å². The van der Waals surface area contributed by atoms with Crippen molar-refractivity contribution in [2.75, 3.05) is 20.8 Å². The average Bonchev–Trinajstić information content (AvgIpc) is 2.43. The Balaban J connectivity index is 2.64. The second-order valence-corrected chi connectivity index (χ2v) is 4.35. The zero-order valence-electron chi connectivity index (χ0n) is 11.2. The molecule has 0 atom stereocenters. The Labute approximate surface area is 118 Å². The van der Waals surface area contributed by atoms with Crippen molar-refractivity contribution in [3.05, 3.63) is 22.7 Å². The van der Waals surface area contributed by atoms with Crippen LogP contribution in [0.5, 0.6) is 11.5 Å². The third kappa shape index (κ3) is 4.61. The van der Waals surface area contributed by atoms with Crippen LogP contribution in [0.15, 0.2) is 12.1 Å². The first-order valence-electron chi connectivity index (χ1n) is 6.02. The highest BCUT2D eigenvalue weighted by atomic mass is 35.5. The van der Waals surface area contributed by atoms with E-state index in [1.54, 1.807) is 26.3 Å². The van der Waals surface area contributed by atoms with Gasteiger partial charge in [0.2, 0.25) is 5.91 Å². The minimum Gasteiger partial charge on any atom is -0.493 e. The minimum atomic E-state index is -0.0138. The lowest BCUT2D eigenvalue weighted by atomic mass is 10.2. The quantitative estimate of drug-likeness (QED) is 0.749. The van der Waals surface area contributed by atoms with Crippen LogP contribution in [0.1, 0.15) is 18.4 Å². The summed E-state index contributed by atoms with van der Waals surface area (Å²) in [5, 5.41) is 3.01. The molecule has 1 rings (SSSR count). The van der Waals surface area contributed by atoms with E-state index in [9.17, 15) is 4.79 Å². The molecule has 0 radical (unpaired) electrons. The summed E-state index contributed by atoms with van der Waals surface area (Å²) in [4.78, 5) is 11.1. The number of nitrogens with one attached hydrogen (secondary N) is 1. The summed E-state index contributed by atoms with van der Waals surface area (Å²) in [6.07, 6.45) is 1.02. The molecule has 0 aliphatic heterocycles. The first-order chi connectivity index (χ1) is 9.12. The van der Waals surface area contributed by atoms with E-state index in [-0.39, 0.29) is 5.91 Å². The highest BCUT2D eigenvalue weighted by Gasteiger charge is 2.11. The monoisotopic (exact) mass is 286 g/mol. The molecular formula is C13H19ClN2O3. The van der Waals surface area contributed by atoms with E-state index >= 15 is 0 Å². The van der Waals surface area contributed by atoms with Crippen LogP contribution >= 0.6 is 11.6 Å². The van der Waals surface area contributed by atoms with Crippen LogP contribution in [-0.2, 0) is 11.3 Å². The number of hydrogen-bond donors (Lipinski definition) is 2. The number of carbonyl (C=O) groups excluding carboxylic acids is 1. The van der Waals surface area contributed by atoms with Gasteiger partial charge in [-0.2, -0.15) is 0 Å². The number of rotatable bonds is 7. The van der Waals surface area contributed by atoms with Gasteiger partial charge in [0.25, 0.3) is 0 Å². The van der Waals surface area contributed by atoms with E-state index in [1.807, 2.05) is 0 Å². The Bertz CT molecular complexity index is 438. The largest absolute Gasteiger partial charge is 0.493 e. The van der Waals surface area contributed by atoms with Gasteiger partial charge in [-0.05, 0) is 24.1 Å². The fourth-order valence-electron chi connectivity index (χ4n) is 1.56. The molecule has 0 spiro atoms. The molecule has 1 amide bonds. The molecule has 3 N–H and O–H groups in total. The van der Waals surface area contributed by atoms with Crippen molar-refractivity contribution in [1.29, 1.82) is 0 Å². The van der Waals surface area contributed by atoms with Crippen LogP contribution in [0.25, 0.3) is 0 Å². The van der Waals surface area contributed by atoms with Crippen LogP contribution in [-0.4, -0.2) is 26.7 Å². The normalized spacial score (nSPS) is 10.1. The first kappa shape index (κ1) is 15.6. The molecule has 0 saturated carbocycles. The van der Waals surface area contributed by atoms with Gasteiger partial charge < -0.3 is 20.5 Å². The molecule has 0 bridgehead atoms. The van der Waals surface area contributed by atoms with Gasteiger partial charge in [-0.25, -0.2) is 0 Å². The van der Waals surface area contributed by atoms with Gasteiger partial charge in [0.05, 0.1) is 18.7 Å². The number of carbonyl (C=O) groups is 1. The minimum absolute atomic E-state index is 0.0138. The van der Waals surface area contributed by atoms with Crippen molar-refractivity contribution in [2.45, 2.75) is 19.4 Å². The molecule has 0 unspecified atom stereocenters. The smallest absolute Gasteiger partial charge is 0.219 e. The van der Waals surface area contributed by atoms with E-state index < -0.39 is 0 Å². The number of nitrogens with two attached hydrogens (primary N) is 1. The lowest BCUT2D eigenvalue weighted by Gasteiger charge is -2.13. The molecule has 1 aromatic carbocycles. The first-order valence-corrected chi connectivity index (χ1v) is 6.40. The van der Waals surface area contributed by atoms with Gasteiger partial charge in [0.1, 0.15) is 0 Å². The van der Waals surface area contributed by atoms with Gasteiger partial charge >= 0.3 is 0 Å². The summed E-state index contributed by atoms with van der Waals surface area (Å²) in [7, 11) is 3.15. The van der Waals surface area contributed by atoms with Gasteiger partial charge in [-0.15, -0.1) is 0 Å². The van der Waals surface area contributed by atoms with Gasteiger partial charge in [0, 0.05) is 20.0 Å². The number of hydrogen-bond acceptors (Lipinski definition) is 4. The van der Waals surface area contributed by atoms with E-state index in [0.29, 0.717) is 42.5 Å². The second-order valence-electron chi connectivity index (χ2n) is 3.94. The van der Waals surface area contributed by atoms with Gasteiger partial charge in [-0.1, -0.05) is 11.6 Å². The standard InChI is InChI=1S/C13H19ClN2O3/c1-16-12(17)4-3-5-19-13-10(14)6-9(8-15)7-11(13)18-2/h6-7H,3-5,8,15H2,1-2H3,(H,16,17). The number of amides is 1. The molecule has 0 fully saturated rings. The summed E-state index contributed by atoms with van der Waals surface area (Å²) >= 11 is 6.12. The molecule has 1 aromatic rings. The van der Waals surface area contributed by atoms with Crippen molar-refractivity contribution in [1.82, 2.24) is 5.32 Å². The highest BCUT2D eigenvalue weighted by molar-refractivity contribution is 6.32. The predicted octanol–water partition coefficient (Wildman–Crippen LogP) is 1.71. The third-order valence-corrected chi connectivity index (χ3v) is 2.88. The van der Waals surface area contributed by atoms with Crippen molar-refractivity contribution in [3.8, 4) is 11.5 Å². The number of ether oxygens (including phenoxy) is 2. The molecule has 19 heavy (non-hydrogen) atoms. The molecule has 106 valence electrons. The lowest BCUT2D eigenvalue weighted by molar-refractivity contribution is -0.120. The summed E-state index contributed by atoms with van der Waals surface area (Å²) in [5.41, 5.74) is 6.44. The highest BCUT2D eigenvalue weighted by Crippen LogP contribution is 2.36. The molecule has 0 aliphatic carbocycles. The molecular weight excluding hydrogens is 268 g/mol. The summed E-state index contributed by atoms with van der Waals surface area (Å²) in [5.74, 6) is 1.02. The number of methoxy groups -OCH3 is 1. The van der Waals surface area contributed by atoms with Crippen LogP contribution < -0.4 is 20.5 Å². The Kier molecular flexibility index (Phi) is 6.45. The van der Waals surface area contributed by atoms with Gasteiger partial charge in [-0.3, -0.25) is 4.79 Å². The SMILES string of the molecule is CNC(=O)CCCOc1c(Cl)cc(CN)cc1OC. The van der Waals surface area contributed by atoms with Crippen molar-refractivity contribution < 1.29 is 14.3 Å².